The molecule has 1 saturated carbocycles. The third kappa shape index (κ3) is 3.31. The minimum absolute atomic E-state index is 0.237. The molecule has 1 aliphatic carbocycles. The van der Waals surface area contributed by atoms with Gasteiger partial charge in [-0.25, -0.2) is 4.79 Å². The SMILES string of the molecule is COC(=O)c1ccc(CN2CCN3[C@@H](COC[C@@H]3C3CC3)C2)s1. The van der Waals surface area contributed by atoms with Crippen molar-refractivity contribution in [1.82, 2.24) is 9.80 Å². The Morgan fingerprint density at radius 1 is 1.35 bits per heavy atom. The van der Waals surface area contributed by atoms with Crippen LogP contribution < -0.4 is 0 Å². The molecule has 2 atom stereocenters. The first-order chi connectivity index (χ1) is 11.2. The predicted molar refractivity (Wildman–Crippen MR) is 88.8 cm³/mol. The molecule has 1 aromatic heterocycles. The lowest BCUT2D eigenvalue weighted by molar-refractivity contribution is -0.0878. The highest BCUT2D eigenvalue weighted by Gasteiger charge is 2.42. The summed E-state index contributed by atoms with van der Waals surface area (Å²) < 4.78 is 10.7. The van der Waals surface area contributed by atoms with Crippen LogP contribution in [0.3, 0.4) is 0 Å². The van der Waals surface area contributed by atoms with Gasteiger partial charge >= 0.3 is 5.97 Å². The van der Waals surface area contributed by atoms with Crippen molar-refractivity contribution in [3.63, 3.8) is 0 Å². The number of nitrogens with zero attached hydrogens (tertiary/aromatic N) is 2. The first kappa shape index (κ1) is 15.6. The summed E-state index contributed by atoms with van der Waals surface area (Å²) in [6.45, 7) is 6.01. The molecule has 2 aliphatic heterocycles. The number of hydrogen-bond donors (Lipinski definition) is 0. The summed E-state index contributed by atoms with van der Waals surface area (Å²) in [5.74, 6) is 0.642. The lowest BCUT2D eigenvalue weighted by Crippen LogP contribution is -2.62. The molecule has 3 heterocycles. The van der Waals surface area contributed by atoms with Crippen LogP contribution in [0.2, 0.25) is 0 Å². The van der Waals surface area contributed by atoms with E-state index in [1.807, 2.05) is 12.1 Å². The van der Waals surface area contributed by atoms with E-state index in [0.29, 0.717) is 17.0 Å². The highest BCUT2D eigenvalue weighted by molar-refractivity contribution is 7.13. The van der Waals surface area contributed by atoms with Crippen LogP contribution in [-0.4, -0.2) is 67.8 Å². The largest absolute Gasteiger partial charge is 0.465 e. The number of rotatable bonds is 4. The molecule has 0 bridgehead atoms. The monoisotopic (exact) mass is 336 g/mol. The van der Waals surface area contributed by atoms with Crippen LogP contribution in [0.5, 0.6) is 0 Å². The molecule has 0 radical (unpaired) electrons. The summed E-state index contributed by atoms with van der Waals surface area (Å²) in [5.41, 5.74) is 0. The van der Waals surface area contributed by atoms with Gasteiger partial charge in [-0.05, 0) is 30.9 Å². The molecular weight excluding hydrogens is 312 g/mol. The molecule has 23 heavy (non-hydrogen) atoms. The molecule has 0 unspecified atom stereocenters. The molecule has 0 N–H and O–H groups in total. The Labute approximate surface area is 141 Å². The van der Waals surface area contributed by atoms with Crippen LogP contribution in [0.15, 0.2) is 12.1 Å². The number of carbonyl (C=O) groups excluding carboxylic acids is 1. The van der Waals surface area contributed by atoms with E-state index in [9.17, 15) is 4.79 Å². The number of morpholine rings is 1. The van der Waals surface area contributed by atoms with Crippen molar-refractivity contribution >= 4 is 17.3 Å². The van der Waals surface area contributed by atoms with Gasteiger partial charge in [-0.3, -0.25) is 9.80 Å². The van der Waals surface area contributed by atoms with Crippen molar-refractivity contribution in [1.29, 1.82) is 0 Å². The minimum Gasteiger partial charge on any atom is -0.465 e. The van der Waals surface area contributed by atoms with Gasteiger partial charge in [0.1, 0.15) is 4.88 Å². The first-order valence-electron chi connectivity index (χ1n) is 8.47. The van der Waals surface area contributed by atoms with Crippen LogP contribution >= 0.6 is 11.3 Å². The van der Waals surface area contributed by atoms with E-state index in [4.69, 9.17) is 9.47 Å². The molecule has 0 spiro atoms. The maximum Gasteiger partial charge on any atom is 0.348 e. The topological polar surface area (TPSA) is 42.0 Å². The van der Waals surface area contributed by atoms with Gasteiger partial charge in [0.25, 0.3) is 0 Å². The van der Waals surface area contributed by atoms with Crippen molar-refractivity contribution in [3.8, 4) is 0 Å². The van der Waals surface area contributed by atoms with E-state index in [-0.39, 0.29) is 5.97 Å². The normalized spacial score (nSPS) is 29.3. The third-order valence-electron chi connectivity index (χ3n) is 5.23. The fraction of sp³-hybridized carbons (Fsp3) is 0.706. The quantitative estimate of drug-likeness (QED) is 0.785. The molecule has 5 nitrogen and oxygen atoms in total. The zero-order chi connectivity index (χ0) is 15.8. The highest BCUT2D eigenvalue weighted by atomic mass is 32.1. The fourth-order valence-corrected chi connectivity index (χ4v) is 4.83. The average Bonchev–Trinajstić information content (AvgIpc) is 3.32. The number of fused-ring (bicyclic) bond motifs is 1. The number of thiophene rings is 1. The van der Waals surface area contributed by atoms with Crippen LogP contribution in [-0.2, 0) is 16.0 Å². The average molecular weight is 336 g/mol. The van der Waals surface area contributed by atoms with Crippen LogP contribution in [0.4, 0.5) is 0 Å². The molecule has 3 aliphatic rings. The Morgan fingerprint density at radius 3 is 3.00 bits per heavy atom. The van der Waals surface area contributed by atoms with Crippen molar-refractivity contribution in [3.05, 3.63) is 21.9 Å². The van der Waals surface area contributed by atoms with Gasteiger partial charge in [-0.15, -0.1) is 11.3 Å². The van der Waals surface area contributed by atoms with E-state index in [2.05, 4.69) is 9.80 Å². The van der Waals surface area contributed by atoms with Crippen LogP contribution in [0.1, 0.15) is 27.4 Å². The number of piperazine rings is 1. The first-order valence-corrected chi connectivity index (χ1v) is 9.29. The zero-order valence-electron chi connectivity index (χ0n) is 13.6. The summed E-state index contributed by atoms with van der Waals surface area (Å²) in [6, 6.07) is 5.11. The smallest absolute Gasteiger partial charge is 0.348 e. The van der Waals surface area contributed by atoms with Gasteiger partial charge in [0.15, 0.2) is 0 Å². The number of carbonyl (C=O) groups is 1. The molecule has 0 aromatic carbocycles. The fourth-order valence-electron chi connectivity index (χ4n) is 3.86. The molecule has 3 fully saturated rings. The molecule has 126 valence electrons. The summed E-state index contributed by atoms with van der Waals surface area (Å²) in [6.07, 6.45) is 2.76. The summed E-state index contributed by atoms with van der Waals surface area (Å²) in [5, 5.41) is 0. The van der Waals surface area contributed by atoms with Crippen LogP contribution in [0.25, 0.3) is 0 Å². The third-order valence-corrected chi connectivity index (χ3v) is 6.28. The minimum atomic E-state index is -0.237. The second kappa shape index (κ2) is 6.51. The van der Waals surface area contributed by atoms with Crippen molar-refractivity contribution < 1.29 is 14.3 Å². The molecule has 0 amide bonds. The van der Waals surface area contributed by atoms with Crippen molar-refractivity contribution in [2.45, 2.75) is 31.5 Å². The Balaban J connectivity index is 1.36. The van der Waals surface area contributed by atoms with Gasteiger partial charge in [-0.2, -0.15) is 0 Å². The number of methoxy groups -OCH3 is 1. The Hall–Kier alpha value is -0.950. The summed E-state index contributed by atoms with van der Waals surface area (Å²) in [4.78, 5) is 18.7. The van der Waals surface area contributed by atoms with Gasteiger partial charge in [0.05, 0.1) is 20.3 Å². The highest BCUT2D eigenvalue weighted by Crippen LogP contribution is 2.38. The Bertz CT molecular complexity index is 572. The van der Waals surface area contributed by atoms with Crippen LogP contribution in [0, 0.1) is 5.92 Å². The predicted octanol–water partition coefficient (Wildman–Crippen LogP) is 1.83. The van der Waals surface area contributed by atoms with Crippen molar-refractivity contribution in [2.24, 2.45) is 5.92 Å². The van der Waals surface area contributed by atoms with E-state index < -0.39 is 0 Å². The number of hydrogen-bond acceptors (Lipinski definition) is 6. The zero-order valence-corrected chi connectivity index (χ0v) is 14.4. The van der Waals surface area contributed by atoms with E-state index in [1.54, 1.807) is 11.3 Å². The van der Waals surface area contributed by atoms with Crippen molar-refractivity contribution in [2.75, 3.05) is 40.0 Å². The summed E-state index contributed by atoms with van der Waals surface area (Å²) in [7, 11) is 1.43. The van der Waals surface area contributed by atoms with Gasteiger partial charge in [-0.1, -0.05) is 0 Å². The standard InChI is InChI=1S/C17H24N2O3S/c1-21-17(20)16-5-4-14(23-16)9-18-6-7-19-13(8-18)10-22-11-15(19)12-2-3-12/h4-5,12-13,15H,2-3,6-11H2,1H3/t13-,15-/m1/s1. The van der Waals surface area contributed by atoms with E-state index in [0.717, 1.165) is 45.3 Å². The van der Waals surface area contributed by atoms with Gasteiger partial charge in [0.2, 0.25) is 0 Å². The van der Waals surface area contributed by atoms with Gasteiger partial charge < -0.3 is 9.47 Å². The van der Waals surface area contributed by atoms with Gasteiger partial charge in [0, 0.05) is 43.1 Å². The Kier molecular flexibility index (Phi) is 4.41. The second-order valence-electron chi connectivity index (χ2n) is 6.83. The molecule has 2 saturated heterocycles. The lowest BCUT2D eigenvalue weighted by Gasteiger charge is -2.48. The molecular formula is C17H24N2O3S. The second-order valence-corrected chi connectivity index (χ2v) is 7.99. The lowest BCUT2D eigenvalue weighted by atomic mass is 10.0. The number of esters is 1. The molecule has 4 rings (SSSR count). The maximum atomic E-state index is 11.6. The van der Waals surface area contributed by atoms with E-state index >= 15 is 0 Å². The van der Waals surface area contributed by atoms with E-state index in [1.165, 1.54) is 24.8 Å². The maximum absolute atomic E-state index is 11.6. The number of ether oxygens (including phenoxy) is 2. The molecule has 1 aromatic rings. The summed E-state index contributed by atoms with van der Waals surface area (Å²) >= 11 is 1.54. The Morgan fingerprint density at radius 2 is 2.22 bits per heavy atom. The molecule has 6 heteroatoms.